The maximum absolute atomic E-state index is 13.3. The van der Waals surface area contributed by atoms with Crippen molar-refractivity contribution < 1.29 is 14.3 Å². The first-order valence-electron chi connectivity index (χ1n) is 8.94. The third-order valence-corrected chi connectivity index (χ3v) is 5.71. The van der Waals surface area contributed by atoms with E-state index in [-0.39, 0.29) is 5.91 Å². The van der Waals surface area contributed by atoms with Gasteiger partial charge in [0.25, 0.3) is 5.91 Å². The number of aryl methyl sites for hydroxylation is 2. The number of carbonyl (C=O) groups is 2. The Morgan fingerprint density at radius 1 is 1.04 bits per heavy atom. The predicted octanol–water partition coefficient (Wildman–Crippen LogP) is 4.90. The van der Waals surface area contributed by atoms with Crippen LogP contribution in [-0.4, -0.2) is 25.2 Å². The Balaban J connectivity index is 2.11. The van der Waals surface area contributed by atoms with Crippen LogP contribution in [0.5, 0.6) is 0 Å². The highest BCUT2D eigenvalue weighted by Gasteiger charge is 2.37. The van der Waals surface area contributed by atoms with Crippen molar-refractivity contribution in [2.75, 3.05) is 18.3 Å². The molecule has 0 atom stereocenters. The van der Waals surface area contributed by atoms with Gasteiger partial charge in [0.15, 0.2) is 0 Å². The van der Waals surface area contributed by atoms with E-state index in [4.69, 9.17) is 4.74 Å². The maximum atomic E-state index is 13.3. The predicted molar refractivity (Wildman–Crippen MR) is 114 cm³/mol. The maximum Gasteiger partial charge on any atom is 0.340 e. The summed E-state index contributed by atoms with van der Waals surface area (Å²) < 4.78 is 4.96. The highest BCUT2D eigenvalue weighted by molar-refractivity contribution is 7.98. The van der Waals surface area contributed by atoms with Gasteiger partial charge >= 0.3 is 5.97 Å². The molecule has 1 aliphatic heterocycles. The second-order valence-corrected chi connectivity index (χ2v) is 7.57. The Labute approximate surface area is 169 Å². The molecule has 1 heterocycles. The summed E-state index contributed by atoms with van der Waals surface area (Å²) in [4.78, 5) is 28.5. The van der Waals surface area contributed by atoms with E-state index in [1.165, 1.54) is 7.11 Å². The molecule has 0 N–H and O–H groups in total. The topological polar surface area (TPSA) is 46.6 Å². The number of allylic oxidation sites excluding steroid dienone is 1. The third-order valence-electron chi connectivity index (χ3n) is 4.97. The van der Waals surface area contributed by atoms with Crippen LogP contribution in [0.4, 0.5) is 5.69 Å². The van der Waals surface area contributed by atoms with Gasteiger partial charge in [-0.1, -0.05) is 18.2 Å². The molecule has 0 spiro atoms. The Morgan fingerprint density at radius 2 is 1.71 bits per heavy atom. The summed E-state index contributed by atoms with van der Waals surface area (Å²) in [6.07, 6.45) is 3.76. The van der Waals surface area contributed by atoms with Crippen molar-refractivity contribution in [2.45, 2.75) is 25.7 Å². The average Bonchev–Trinajstić information content (AvgIpc) is 2.94. The van der Waals surface area contributed by atoms with Crippen molar-refractivity contribution in [3.05, 3.63) is 76.0 Å². The Morgan fingerprint density at radius 3 is 2.29 bits per heavy atom. The number of benzene rings is 2. The summed E-state index contributed by atoms with van der Waals surface area (Å²) in [7, 11) is 1.33. The fraction of sp³-hybridized carbons (Fsp3) is 0.217. The van der Waals surface area contributed by atoms with Gasteiger partial charge in [-0.3, -0.25) is 9.69 Å². The molecular formula is C23H23NO3S. The Bertz CT molecular complexity index is 1000. The lowest BCUT2D eigenvalue weighted by molar-refractivity contribution is -0.136. The zero-order chi connectivity index (χ0) is 20.4. The minimum absolute atomic E-state index is 0.227. The zero-order valence-corrected chi connectivity index (χ0v) is 17.5. The first-order chi connectivity index (χ1) is 13.4. The fourth-order valence-corrected chi connectivity index (χ4v) is 3.63. The molecule has 0 unspecified atom stereocenters. The fourth-order valence-electron chi connectivity index (χ4n) is 3.22. The number of amides is 1. The molecule has 0 aliphatic carbocycles. The molecule has 0 aromatic heterocycles. The van der Waals surface area contributed by atoms with Gasteiger partial charge in [0.05, 0.1) is 18.3 Å². The number of anilines is 1. The van der Waals surface area contributed by atoms with Gasteiger partial charge in [-0.15, -0.1) is 11.8 Å². The number of rotatable bonds is 4. The smallest absolute Gasteiger partial charge is 0.340 e. The van der Waals surface area contributed by atoms with Gasteiger partial charge in [-0.25, -0.2) is 4.79 Å². The molecule has 0 saturated heterocycles. The van der Waals surface area contributed by atoms with E-state index in [0.29, 0.717) is 16.8 Å². The SMILES string of the molecule is COC(=O)C1=C(C)N(c2ccc(C)c(C)c2)C(=O)C1=Cc1ccc(SC)cc1. The number of hydrogen-bond acceptors (Lipinski definition) is 4. The van der Waals surface area contributed by atoms with Crippen LogP contribution in [0.2, 0.25) is 0 Å². The summed E-state index contributed by atoms with van der Waals surface area (Å²) in [6.45, 7) is 5.80. The zero-order valence-electron chi connectivity index (χ0n) is 16.7. The quantitative estimate of drug-likeness (QED) is 0.421. The van der Waals surface area contributed by atoms with E-state index in [1.807, 2.05) is 62.6 Å². The monoisotopic (exact) mass is 393 g/mol. The normalized spacial score (nSPS) is 15.5. The molecule has 0 bridgehead atoms. The van der Waals surface area contributed by atoms with Gasteiger partial charge in [0, 0.05) is 16.3 Å². The van der Waals surface area contributed by atoms with E-state index < -0.39 is 5.97 Å². The summed E-state index contributed by atoms with van der Waals surface area (Å²) in [5, 5.41) is 0. The summed E-state index contributed by atoms with van der Waals surface area (Å²) in [5.74, 6) is -0.737. The Hall–Kier alpha value is -2.79. The molecule has 0 fully saturated rings. The van der Waals surface area contributed by atoms with Gasteiger partial charge in [0.2, 0.25) is 0 Å². The van der Waals surface area contributed by atoms with Gasteiger partial charge in [-0.2, -0.15) is 0 Å². The summed E-state index contributed by atoms with van der Waals surface area (Å²) in [6, 6.07) is 13.7. The van der Waals surface area contributed by atoms with Crippen LogP contribution < -0.4 is 4.90 Å². The molecule has 4 nitrogen and oxygen atoms in total. The number of esters is 1. The number of carbonyl (C=O) groups excluding carboxylic acids is 2. The van der Waals surface area contributed by atoms with Crippen molar-refractivity contribution in [3.63, 3.8) is 0 Å². The molecule has 144 valence electrons. The lowest BCUT2D eigenvalue weighted by Crippen LogP contribution is -2.24. The standard InChI is InChI=1S/C23H23NO3S/c1-14-6-9-18(12-15(14)2)24-16(3)21(23(26)27-4)20(22(24)25)13-17-7-10-19(28-5)11-8-17/h6-13H,1-5H3. The number of methoxy groups -OCH3 is 1. The van der Waals surface area contributed by atoms with Crippen LogP contribution >= 0.6 is 11.8 Å². The number of ether oxygens (including phenoxy) is 1. The molecule has 3 rings (SSSR count). The van der Waals surface area contributed by atoms with Crippen LogP contribution in [0.15, 0.2) is 64.2 Å². The number of thioether (sulfide) groups is 1. The molecule has 28 heavy (non-hydrogen) atoms. The minimum Gasteiger partial charge on any atom is -0.465 e. The van der Waals surface area contributed by atoms with Gasteiger partial charge < -0.3 is 4.74 Å². The minimum atomic E-state index is -0.510. The van der Waals surface area contributed by atoms with E-state index >= 15 is 0 Å². The van der Waals surface area contributed by atoms with Crippen molar-refractivity contribution in [3.8, 4) is 0 Å². The van der Waals surface area contributed by atoms with Crippen LogP contribution in [0.3, 0.4) is 0 Å². The molecule has 1 amide bonds. The van der Waals surface area contributed by atoms with E-state index in [1.54, 1.807) is 29.7 Å². The largest absolute Gasteiger partial charge is 0.465 e. The molecule has 5 heteroatoms. The number of hydrogen-bond donors (Lipinski definition) is 0. The second kappa shape index (κ2) is 8.07. The number of nitrogens with zero attached hydrogens (tertiary/aromatic N) is 1. The first kappa shape index (κ1) is 20.0. The summed E-state index contributed by atoms with van der Waals surface area (Å²) >= 11 is 1.65. The average molecular weight is 394 g/mol. The second-order valence-electron chi connectivity index (χ2n) is 6.69. The Kier molecular flexibility index (Phi) is 5.75. The van der Waals surface area contributed by atoms with Crippen LogP contribution in [-0.2, 0) is 14.3 Å². The van der Waals surface area contributed by atoms with E-state index in [0.717, 1.165) is 27.3 Å². The molecule has 0 radical (unpaired) electrons. The van der Waals surface area contributed by atoms with Crippen molar-refractivity contribution >= 4 is 35.4 Å². The van der Waals surface area contributed by atoms with Crippen LogP contribution in [0, 0.1) is 13.8 Å². The lowest BCUT2D eigenvalue weighted by Gasteiger charge is -2.19. The van der Waals surface area contributed by atoms with Crippen LogP contribution in [0.25, 0.3) is 6.08 Å². The molecule has 2 aromatic rings. The first-order valence-corrected chi connectivity index (χ1v) is 10.2. The van der Waals surface area contributed by atoms with E-state index in [2.05, 4.69) is 0 Å². The third kappa shape index (κ3) is 3.62. The highest BCUT2D eigenvalue weighted by Crippen LogP contribution is 2.36. The molecule has 2 aromatic carbocycles. The van der Waals surface area contributed by atoms with Gasteiger partial charge in [-0.05, 0) is 74.1 Å². The van der Waals surface area contributed by atoms with E-state index in [9.17, 15) is 9.59 Å². The lowest BCUT2D eigenvalue weighted by atomic mass is 10.0. The molecular weight excluding hydrogens is 370 g/mol. The van der Waals surface area contributed by atoms with Crippen molar-refractivity contribution in [2.24, 2.45) is 0 Å². The van der Waals surface area contributed by atoms with Crippen molar-refractivity contribution in [1.82, 2.24) is 0 Å². The van der Waals surface area contributed by atoms with Gasteiger partial charge in [0.1, 0.15) is 0 Å². The summed E-state index contributed by atoms with van der Waals surface area (Å²) in [5.41, 5.74) is 5.06. The molecule has 1 aliphatic rings. The molecule has 0 saturated carbocycles. The highest BCUT2D eigenvalue weighted by atomic mass is 32.2. The van der Waals surface area contributed by atoms with Crippen LogP contribution in [0.1, 0.15) is 23.6 Å². The van der Waals surface area contributed by atoms with Crippen molar-refractivity contribution in [1.29, 1.82) is 0 Å².